The highest BCUT2D eigenvalue weighted by Gasteiger charge is 2.33. The molecule has 2 atom stereocenters. The van der Waals surface area contributed by atoms with E-state index in [-0.39, 0.29) is 6.04 Å². The number of hydrogen-bond donors (Lipinski definition) is 2. The Bertz CT molecular complexity index is 369. The molecule has 2 N–H and O–H groups in total. The monoisotopic (exact) mass is 237 g/mol. The van der Waals surface area contributed by atoms with Crippen molar-refractivity contribution in [2.45, 2.75) is 45.2 Å². The van der Waals surface area contributed by atoms with Gasteiger partial charge in [0.2, 0.25) is 0 Å². The van der Waals surface area contributed by atoms with Crippen LogP contribution < -0.4 is 5.32 Å². The van der Waals surface area contributed by atoms with E-state index in [0.29, 0.717) is 6.42 Å². The lowest BCUT2D eigenvalue weighted by Crippen LogP contribution is -2.50. The molecule has 1 heterocycles. The highest BCUT2D eigenvalue weighted by atomic mass is 16.4. The number of aromatic nitrogens is 2. The summed E-state index contributed by atoms with van der Waals surface area (Å²) in [7, 11) is 0. The van der Waals surface area contributed by atoms with Crippen LogP contribution in [0.15, 0.2) is 18.6 Å². The van der Waals surface area contributed by atoms with Gasteiger partial charge in [-0.1, -0.05) is 13.3 Å². The van der Waals surface area contributed by atoms with Gasteiger partial charge in [0.1, 0.15) is 5.54 Å². The maximum atomic E-state index is 11.3. The van der Waals surface area contributed by atoms with Crippen LogP contribution in [-0.4, -0.2) is 26.6 Å². The summed E-state index contributed by atoms with van der Waals surface area (Å²) >= 11 is 0. The predicted molar refractivity (Wildman–Crippen MR) is 64.5 cm³/mol. The van der Waals surface area contributed by atoms with Gasteiger partial charge in [0, 0.05) is 24.6 Å². The average molecular weight is 237 g/mol. The minimum absolute atomic E-state index is 0.142. The molecule has 0 aromatic carbocycles. The number of aliphatic carboxylic acids is 1. The molecule has 5 nitrogen and oxygen atoms in total. The SMILES string of the molecule is CCCC(C)(NC(C)c1cnccn1)C(=O)O. The van der Waals surface area contributed by atoms with E-state index >= 15 is 0 Å². The van der Waals surface area contributed by atoms with Crippen molar-refractivity contribution < 1.29 is 9.90 Å². The molecule has 0 aliphatic rings. The first-order valence-electron chi connectivity index (χ1n) is 5.76. The standard InChI is InChI=1S/C12H19N3O2/c1-4-5-12(3,11(16)17)15-9(2)10-8-13-6-7-14-10/h6-9,15H,4-5H2,1-3H3,(H,16,17). The van der Waals surface area contributed by atoms with Gasteiger partial charge in [0.05, 0.1) is 5.69 Å². The first-order valence-corrected chi connectivity index (χ1v) is 5.76. The van der Waals surface area contributed by atoms with Crippen molar-refractivity contribution in [2.24, 2.45) is 0 Å². The molecule has 0 aliphatic heterocycles. The van der Waals surface area contributed by atoms with E-state index in [1.165, 1.54) is 0 Å². The van der Waals surface area contributed by atoms with Crippen LogP contribution in [0.1, 0.15) is 45.3 Å². The van der Waals surface area contributed by atoms with Crippen LogP contribution >= 0.6 is 0 Å². The molecule has 0 amide bonds. The zero-order valence-electron chi connectivity index (χ0n) is 10.5. The molecule has 5 heteroatoms. The van der Waals surface area contributed by atoms with Gasteiger partial charge in [-0.2, -0.15) is 0 Å². The largest absolute Gasteiger partial charge is 0.480 e. The maximum absolute atomic E-state index is 11.3. The van der Waals surface area contributed by atoms with Crippen molar-refractivity contribution in [1.82, 2.24) is 15.3 Å². The number of rotatable bonds is 6. The maximum Gasteiger partial charge on any atom is 0.323 e. The lowest BCUT2D eigenvalue weighted by molar-refractivity contribution is -0.144. The Balaban J connectivity index is 2.78. The van der Waals surface area contributed by atoms with Crippen LogP contribution in [0.5, 0.6) is 0 Å². The summed E-state index contributed by atoms with van der Waals surface area (Å²) in [5.41, 5.74) is -0.179. The Morgan fingerprint density at radius 3 is 2.76 bits per heavy atom. The molecule has 0 aliphatic carbocycles. The van der Waals surface area contributed by atoms with E-state index in [1.54, 1.807) is 25.5 Å². The summed E-state index contributed by atoms with van der Waals surface area (Å²) in [5.74, 6) is -0.838. The average Bonchev–Trinajstić information content (AvgIpc) is 2.30. The normalized spacial score (nSPS) is 16.2. The summed E-state index contributed by atoms with van der Waals surface area (Å²) in [6.45, 7) is 5.56. The summed E-state index contributed by atoms with van der Waals surface area (Å²) < 4.78 is 0. The van der Waals surface area contributed by atoms with Crippen molar-refractivity contribution in [3.63, 3.8) is 0 Å². The lowest BCUT2D eigenvalue weighted by atomic mass is 9.95. The molecule has 0 saturated heterocycles. The van der Waals surface area contributed by atoms with Gasteiger partial charge in [-0.25, -0.2) is 0 Å². The van der Waals surface area contributed by atoms with Crippen LogP contribution in [-0.2, 0) is 4.79 Å². The molecule has 0 fully saturated rings. The van der Waals surface area contributed by atoms with Crippen molar-refractivity contribution >= 4 is 5.97 Å². The number of carbonyl (C=O) groups is 1. The topological polar surface area (TPSA) is 75.1 Å². The molecular weight excluding hydrogens is 218 g/mol. The third-order valence-electron chi connectivity index (χ3n) is 2.78. The Hall–Kier alpha value is -1.49. The molecule has 1 rings (SSSR count). The van der Waals surface area contributed by atoms with Crippen LogP contribution in [0.4, 0.5) is 0 Å². The third kappa shape index (κ3) is 3.49. The minimum atomic E-state index is -0.925. The second kappa shape index (κ2) is 5.72. The first kappa shape index (κ1) is 13.6. The number of nitrogens with zero attached hydrogens (tertiary/aromatic N) is 2. The van der Waals surface area contributed by atoms with Crippen LogP contribution in [0.3, 0.4) is 0 Å². The lowest BCUT2D eigenvalue weighted by Gasteiger charge is -2.29. The van der Waals surface area contributed by atoms with E-state index < -0.39 is 11.5 Å². The van der Waals surface area contributed by atoms with E-state index in [4.69, 9.17) is 0 Å². The quantitative estimate of drug-likeness (QED) is 0.788. The smallest absolute Gasteiger partial charge is 0.323 e. The highest BCUT2D eigenvalue weighted by Crippen LogP contribution is 2.18. The molecule has 0 spiro atoms. The Morgan fingerprint density at radius 2 is 2.29 bits per heavy atom. The van der Waals surface area contributed by atoms with Crippen molar-refractivity contribution in [3.05, 3.63) is 24.3 Å². The van der Waals surface area contributed by atoms with E-state index in [9.17, 15) is 9.90 Å². The second-order valence-electron chi connectivity index (χ2n) is 4.38. The first-order chi connectivity index (χ1) is 7.99. The number of nitrogens with one attached hydrogen (secondary N) is 1. The van der Waals surface area contributed by atoms with E-state index in [2.05, 4.69) is 15.3 Å². The van der Waals surface area contributed by atoms with E-state index in [0.717, 1.165) is 12.1 Å². The molecule has 0 radical (unpaired) electrons. The Labute approximate surface area is 101 Å². The van der Waals surface area contributed by atoms with Crippen LogP contribution in [0, 0.1) is 0 Å². The van der Waals surface area contributed by atoms with Gasteiger partial charge in [0.25, 0.3) is 0 Å². The van der Waals surface area contributed by atoms with Gasteiger partial charge in [-0.05, 0) is 20.3 Å². The van der Waals surface area contributed by atoms with Gasteiger partial charge in [-0.3, -0.25) is 20.1 Å². The zero-order valence-corrected chi connectivity index (χ0v) is 10.5. The molecular formula is C12H19N3O2. The van der Waals surface area contributed by atoms with Crippen LogP contribution in [0.25, 0.3) is 0 Å². The van der Waals surface area contributed by atoms with E-state index in [1.807, 2.05) is 13.8 Å². The Kier molecular flexibility index (Phi) is 4.57. The fourth-order valence-electron chi connectivity index (χ4n) is 1.83. The third-order valence-corrected chi connectivity index (χ3v) is 2.78. The minimum Gasteiger partial charge on any atom is -0.480 e. The van der Waals surface area contributed by atoms with Gasteiger partial charge < -0.3 is 5.11 Å². The molecule has 0 bridgehead atoms. The second-order valence-corrected chi connectivity index (χ2v) is 4.38. The van der Waals surface area contributed by atoms with Gasteiger partial charge in [0.15, 0.2) is 0 Å². The number of hydrogen-bond acceptors (Lipinski definition) is 4. The van der Waals surface area contributed by atoms with Crippen molar-refractivity contribution in [1.29, 1.82) is 0 Å². The molecule has 2 unspecified atom stereocenters. The molecule has 1 aromatic heterocycles. The molecule has 0 saturated carbocycles. The Morgan fingerprint density at radius 1 is 1.59 bits per heavy atom. The van der Waals surface area contributed by atoms with Gasteiger partial charge >= 0.3 is 5.97 Å². The van der Waals surface area contributed by atoms with Crippen molar-refractivity contribution in [2.75, 3.05) is 0 Å². The number of carboxylic acids is 1. The summed E-state index contributed by atoms with van der Waals surface area (Å²) in [5, 5.41) is 12.4. The number of carboxylic acid groups (broad SMARTS) is 1. The summed E-state index contributed by atoms with van der Waals surface area (Å²) in [6.07, 6.45) is 6.23. The molecule has 1 aromatic rings. The van der Waals surface area contributed by atoms with Gasteiger partial charge in [-0.15, -0.1) is 0 Å². The summed E-state index contributed by atoms with van der Waals surface area (Å²) in [6, 6.07) is -0.142. The molecule has 94 valence electrons. The zero-order chi connectivity index (χ0) is 12.9. The highest BCUT2D eigenvalue weighted by molar-refractivity contribution is 5.78. The molecule has 17 heavy (non-hydrogen) atoms. The fraction of sp³-hybridized carbons (Fsp3) is 0.583. The summed E-state index contributed by atoms with van der Waals surface area (Å²) in [4.78, 5) is 19.4. The predicted octanol–water partition coefficient (Wildman–Crippen LogP) is 1.77. The van der Waals surface area contributed by atoms with Crippen molar-refractivity contribution in [3.8, 4) is 0 Å². The van der Waals surface area contributed by atoms with Crippen LogP contribution in [0.2, 0.25) is 0 Å². The fourth-order valence-corrected chi connectivity index (χ4v) is 1.83.